The largest absolute Gasteiger partial charge is 0.460 e. The van der Waals surface area contributed by atoms with Crippen molar-refractivity contribution in [2.75, 3.05) is 18.4 Å². The van der Waals surface area contributed by atoms with E-state index in [1.807, 2.05) is 72.5 Å². The Hall–Kier alpha value is -3.34. The Morgan fingerprint density at radius 3 is 2.50 bits per heavy atom. The van der Waals surface area contributed by atoms with Crippen LogP contribution in [0.5, 0.6) is 0 Å². The highest BCUT2D eigenvalue weighted by Gasteiger charge is 2.26. The van der Waals surface area contributed by atoms with Crippen LogP contribution < -0.4 is 5.32 Å². The van der Waals surface area contributed by atoms with Gasteiger partial charge >= 0.3 is 0 Å². The van der Waals surface area contributed by atoms with Crippen LogP contribution in [-0.4, -0.2) is 29.8 Å². The van der Waals surface area contributed by atoms with Gasteiger partial charge in [-0.25, -0.2) is 0 Å². The summed E-state index contributed by atoms with van der Waals surface area (Å²) in [6, 6.07) is 17.4. The van der Waals surface area contributed by atoms with E-state index in [-0.39, 0.29) is 17.7 Å². The van der Waals surface area contributed by atoms with Crippen LogP contribution in [0.25, 0.3) is 17.0 Å². The number of anilines is 1. The molecule has 1 aliphatic heterocycles. The molecule has 1 saturated heterocycles. The number of nitrogens with zero attached hydrogens (tertiary/aromatic N) is 1. The van der Waals surface area contributed by atoms with E-state index in [1.165, 1.54) is 0 Å². The number of amides is 2. The first-order chi connectivity index (χ1) is 14.7. The van der Waals surface area contributed by atoms with Crippen LogP contribution in [0.2, 0.25) is 0 Å². The van der Waals surface area contributed by atoms with Gasteiger partial charge < -0.3 is 14.6 Å². The SMILES string of the molecule is CCc1oc2ccccc2c1/C=C/C(=O)N1CCC(C(=O)Nc2ccccc2)CC1. The fourth-order valence-corrected chi connectivity index (χ4v) is 3.95. The van der Waals surface area contributed by atoms with Gasteiger partial charge in [0.05, 0.1) is 0 Å². The average molecular weight is 402 g/mol. The van der Waals surface area contributed by atoms with Gasteiger partial charge in [0.25, 0.3) is 0 Å². The van der Waals surface area contributed by atoms with Gasteiger partial charge in [0.1, 0.15) is 11.3 Å². The molecule has 0 aliphatic carbocycles. The van der Waals surface area contributed by atoms with E-state index in [0.717, 1.165) is 34.4 Å². The van der Waals surface area contributed by atoms with Crippen molar-refractivity contribution in [3.8, 4) is 0 Å². The highest BCUT2D eigenvalue weighted by molar-refractivity contribution is 5.97. The van der Waals surface area contributed by atoms with Gasteiger partial charge in [-0.1, -0.05) is 43.3 Å². The molecule has 1 N–H and O–H groups in total. The minimum absolute atomic E-state index is 0.0238. The Bertz CT molecular complexity index is 1060. The molecule has 0 saturated carbocycles. The number of furan rings is 1. The van der Waals surface area contributed by atoms with Crippen molar-refractivity contribution in [3.05, 3.63) is 72.0 Å². The third-order valence-corrected chi connectivity index (χ3v) is 5.64. The number of fused-ring (bicyclic) bond motifs is 1. The molecule has 5 nitrogen and oxygen atoms in total. The third-order valence-electron chi connectivity index (χ3n) is 5.64. The highest BCUT2D eigenvalue weighted by Crippen LogP contribution is 2.27. The molecule has 3 aromatic rings. The summed E-state index contributed by atoms with van der Waals surface area (Å²) < 4.78 is 5.89. The van der Waals surface area contributed by atoms with E-state index >= 15 is 0 Å². The molecular formula is C25H26N2O3. The number of rotatable bonds is 5. The number of piperidine rings is 1. The van der Waals surface area contributed by atoms with Gasteiger partial charge in [-0.15, -0.1) is 0 Å². The van der Waals surface area contributed by atoms with Gasteiger partial charge in [-0.05, 0) is 37.1 Å². The molecule has 0 atom stereocenters. The second-order valence-electron chi connectivity index (χ2n) is 7.58. The molecule has 30 heavy (non-hydrogen) atoms. The van der Waals surface area contributed by atoms with Crippen molar-refractivity contribution >= 4 is 34.5 Å². The summed E-state index contributed by atoms with van der Waals surface area (Å²) in [5, 5.41) is 3.99. The lowest BCUT2D eigenvalue weighted by Crippen LogP contribution is -2.40. The summed E-state index contributed by atoms with van der Waals surface area (Å²) in [6.07, 6.45) is 5.60. The smallest absolute Gasteiger partial charge is 0.246 e. The van der Waals surface area contributed by atoms with Crippen molar-refractivity contribution in [3.63, 3.8) is 0 Å². The zero-order chi connectivity index (χ0) is 20.9. The molecule has 154 valence electrons. The summed E-state index contributed by atoms with van der Waals surface area (Å²) in [4.78, 5) is 27.0. The summed E-state index contributed by atoms with van der Waals surface area (Å²) >= 11 is 0. The Morgan fingerprint density at radius 2 is 1.77 bits per heavy atom. The Balaban J connectivity index is 1.36. The number of carbonyl (C=O) groups is 2. The molecule has 4 rings (SSSR count). The summed E-state index contributed by atoms with van der Waals surface area (Å²) in [6.45, 7) is 3.22. The quantitative estimate of drug-likeness (QED) is 0.619. The van der Waals surface area contributed by atoms with Gasteiger partial charge in [0, 0.05) is 48.1 Å². The van der Waals surface area contributed by atoms with Crippen molar-refractivity contribution < 1.29 is 14.0 Å². The minimum Gasteiger partial charge on any atom is -0.460 e. The van der Waals surface area contributed by atoms with E-state index in [9.17, 15) is 9.59 Å². The fourth-order valence-electron chi connectivity index (χ4n) is 3.95. The van der Waals surface area contributed by atoms with Crippen molar-refractivity contribution in [2.45, 2.75) is 26.2 Å². The highest BCUT2D eigenvalue weighted by atomic mass is 16.3. The molecule has 0 bridgehead atoms. The predicted molar refractivity (Wildman–Crippen MR) is 119 cm³/mol. The topological polar surface area (TPSA) is 62.6 Å². The van der Waals surface area contributed by atoms with Gasteiger partial charge in [0.15, 0.2) is 0 Å². The zero-order valence-corrected chi connectivity index (χ0v) is 17.1. The van der Waals surface area contributed by atoms with Gasteiger partial charge in [-0.2, -0.15) is 0 Å². The molecule has 2 aromatic carbocycles. The van der Waals surface area contributed by atoms with Crippen LogP contribution in [0.3, 0.4) is 0 Å². The van der Waals surface area contributed by atoms with Crippen molar-refractivity contribution in [2.24, 2.45) is 5.92 Å². The molecule has 2 heterocycles. The van der Waals surface area contributed by atoms with E-state index in [2.05, 4.69) is 5.32 Å². The van der Waals surface area contributed by atoms with Crippen LogP contribution in [0.4, 0.5) is 5.69 Å². The second-order valence-corrected chi connectivity index (χ2v) is 7.58. The lowest BCUT2D eigenvalue weighted by Gasteiger charge is -2.30. The van der Waals surface area contributed by atoms with Crippen molar-refractivity contribution in [1.29, 1.82) is 0 Å². The Kier molecular flexibility index (Phi) is 5.98. The molecule has 0 radical (unpaired) electrons. The van der Waals surface area contributed by atoms with E-state index in [4.69, 9.17) is 4.42 Å². The monoisotopic (exact) mass is 402 g/mol. The number of benzene rings is 2. The number of nitrogens with one attached hydrogen (secondary N) is 1. The van der Waals surface area contributed by atoms with E-state index < -0.39 is 0 Å². The lowest BCUT2D eigenvalue weighted by molar-refractivity contribution is -0.130. The molecule has 2 amide bonds. The normalized spacial score (nSPS) is 15.0. The number of hydrogen-bond donors (Lipinski definition) is 1. The van der Waals surface area contributed by atoms with Crippen LogP contribution in [-0.2, 0) is 16.0 Å². The van der Waals surface area contributed by atoms with Crippen molar-refractivity contribution in [1.82, 2.24) is 4.90 Å². The average Bonchev–Trinajstić information content (AvgIpc) is 3.16. The van der Waals surface area contributed by atoms with Crippen LogP contribution in [0.1, 0.15) is 31.1 Å². The molecule has 1 fully saturated rings. The number of para-hydroxylation sites is 2. The van der Waals surface area contributed by atoms with Gasteiger partial charge in [0.2, 0.25) is 11.8 Å². The lowest BCUT2D eigenvalue weighted by atomic mass is 9.95. The number of likely N-dealkylation sites (tertiary alicyclic amines) is 1. The molecule has 0 unspecified atom stereocenters. The minimum atomic E-state index is -0.0669. The standard InChI is InChI=1S/C25H26N2O3/c1-2-22-21(20-10-6-7-11-23(20)30-22)12-13-24(28)27-16-14-18(15-17-27)25(29)26-19-8-4-3-5-9-19/h3-13,18H,2,14-17H2,1H3,(H,26,29)/b13-12+. The van der Waals surface area contributed by atoms with Crippen LogP contribution in [0.15, 0.2) is 65.1 Å². The first kappa shape index (κ1) is 20.0. The Morgan fingerprint density at radius 1 is 1.07 bits per heavy atom. The molecule has 0 spiro atoms. The summed E-state index contributed by atoms with van der Waals surface area (Å²) in [5.41, 5.74) is 2.62. The van der Waals surface area contributed by atoms with Gasteiger partial charge in [-0.3, -0.25) is 9.59 Å². The first-order valence-electron chi connectivity index (χ1n) is 10.5. The van der Waals surface area contributed by atoms with Crippen LogP contribution >= 0.6 is 0 Å². The third kappa shape index (κ3) is 4.30. The first-order valence-corrected chi connectivity index (χ1v) is 10.5. The van der Waals surface area contributed by atoms with E-state index in [1.54, 1.807) is 6.08 Å². The predicted octanol–water partition coefficient (Wildman–Crippen LogP) is 4.89. The maximum atomic E-state index is 12.7. The number of carbonyl (C=O) groups excluding carboxylic acids is 2. The second kappa shape index (κ2) is 8.99. The zero-order valence-electron chi connectivity index (χ0n) is 17.1. The van der Waals surface area contributed by atoms with Crippen LogP contribution in [0, 0.1) is 5.92 Å². The van der Waals surface area contributed by atoms with E-state index in [0.29, 0.717) is 25.9 Å². The molecular weight excluding hydrogens is 376 g/mol. The fraction of sp³-hybridized carbons (Fsp3) is 0.280. The molecule has 1 aromatic heterocycles. The summed E-state index contributed by atoms with van der Waals surface area (Å²) in [5.74, 6) is 0.824. The molecule has 1 aliphatic rings. The maximum absolute atomic E-state index is 12.7. The number of hydrogen-bond acceptors (Lipinski definition) is 3. The summed E-state index contributed by atoms with van der Waals surface area (Å²) in [7, 11) is 0. The maximum Gasteiger partial charge on any atom is 0.246 e. The molecule has 5 heteroatoms. The Labute approximate surface area is 176 Å². The number of aryl methyl sites for hydroxylation is 1.